The van der Waals surface area contributed by atoms with Gasteiger partial charge in [0.15, 0.2) is 0 Å². The summed E-state index contributed by atoms with van der Waals surface area (Å²) in [7, 11) is 0. The predicted octanol–water partition coefficient (Wildman–Crippen LogP) is 4.93. The molecule has 0 spiro atoms. The maximum atomic E-state index is 14.0. The zero-order valence-corrected chi connectivity index (χ0v) is 23.8. The number of carboxylic acid groups (broad SMARTS) is 1. The zero-order chi connectivity index (χ0) is 29.3. The smallest absolute Gasteiger partial charge is 0.408 e. The lowest BCUT2D eigenvalue weighted by Gasteiger charge is -2.34. The molecule has 0 aromatic heterocycles. The highest BCUT2D eigenvalue weighted by atomic mass is 16.5. The summed E-state index contributed by atoms with van der Waals surface area (Å²) in [6, 6.07) is 25.8. The average molecular weight is 568 g/mol. The van der Waals surface area contributed by atoms with Crippen LogP contribution in [0.15, 0.2) is 78.9 Å². The van der Waals surface area contributed by atoms with Crippen LogP contribution in [0.1, 0.15) is 55.2 Å². The molecule has 1 saturated heterocycles. The molecular weight excluding hydrogens is 530 g/mol. The number of ether oxygens (including phenoxy) is 1. The Hall–Kier alpha value is -4.17. The van der Waals surface area contributed by atoms with E-state index in [-0.39, 0.29) is 18.4 Å². The summed E-state index contributed by atoms with van der Waals surface area (Å²) in [6.07, 6.45) is 1.55. The first-order valence-electron chi connectivity index (χ1n) is 14.7. The molecule has 3 aliphatic rings. The first-order valence-corrected chi connectivity index (χ1v) is 14.7. The third-order valence-electron chi connectivity index (χ3n) is 9.47. The third kappa shape index (κ3) is 5.15. The Morgan fingerprint density at radius 2 is 1.57 bits per heavy atom. The molecule has 2 amide bonds. The molecule has 3 unspecified atom stereocenters. The van der Waals surface area contributed by atoms with Gasteiger partial charge < -0.3 is 20.5 Å². The van der Waals surface area contributed by atoms with Crippen molar-refractivity contribution in [1.82, 2.24) is 15.5 Å². The fraction of sp³-hybridized carbons (Fsp3) is 0.382. The van der Waals surface area contributed by atoms with Crippen LogP contribution in [0.4, 0.5) is 4.79 Å². The van der Waals surface area contributed by atoms with Crippen LogP contribution in [-0.4, -0.2) is 59.3 Å². The topological polar surface area (TPSA) is 108 Å². The maximum Gasteiger partial charge on any atom is 0.408 e. The second-order valence-electron chi connectivity index (χ2n) is 12.1. The number of hydrogen-bond donors (Lipinski definition) is 3. The SMILES string of the molecule is CC1(C(=O)O)CCCC1NC(=O)C1(NC(=O)OCC2c3ccccc3-c3ccccc32)CCN(Cc2ccccc2)C1. The fourth-order valence-corrected chi connectivity index (χ4v) is 6.99. The maximum absolute atomic E-state index is 14.0. The lowest BCUT2D eigenvalue weighted by atomic mass is 9.84. The molecule has 3 aromatic carbocycles. The second kappa shape index (κ2) is 11.2. The lowest BCUT2D eigenvalue weighted by molar-refractivity contribution is -0.149. The second-order valence-corrected chi connectivity index (χ2v) is 12.1. The summed E-state index contributed by atoms with van der Waals surface area (Å²) in [5, 5.41) is 15.9. The van der Waals surface area contributed by atoms with E-state index in [1.807, 2.05) is 54.6 Å². The highest BCUT2D eigenvalue weighted by Crippen LogP contribution is 2.44. The van der Waals surface area contributed by atoms with Gasteiger partial charge in [0.1, 0.15) is 12.1 Å². The Morgan fingerprint density at radius 1 is 0.929 bits per heavy atom. The van der Waals surface area contributed by atoms with Crippen molar-refractivity contribution in [2.24, 2.45) is 5.41 Å². The van der Waals surface area contributed by atoms with Crippen LogP contribution in [0.2, 0.25) is 0 Å². The minimum Gasteiger partial charge on any atom is -0.481 e. The van der Waals surface area contributed by atoms with Gasteiger partial charge in [-0.2, -0.15) is 0 Å². The number of benzene rings is 3. The molecule has 1 saturated carbocycles. The number of carbonyl (C=O) groups is 3. The normalized spacial score (nSPS) is 25.0. The van der Waals surface area contributed by atoms with Crippen molar-refractivity contribution in [3.8, 4) is 11.1 Å². The number of rotatable bonds is 8. The third-order valence-corrected chi connectivity index (χ3v) is 9.47. The van der Waals surface area contributed by atoms with Crippen molar-refractivity contribution < 1.29 is 24.2 Å². The Labute approximate surface area is 246 Å². The molecule has 0 radical (unpaired) electrons. The molecular formula is C34H37N3O5. The van der Waals surface area contributed by atoms with E-state index in [1.165, 1.54) is 0 Å². The van der Waals surface area contributed by atoms with Crippen LogP contribution in [0.25, 0.3) is 11.1 Å². The molecule has 0 bridgehead atoms. The number of fused-ring (bicyclic) bond motifs is 3. The van der Waals surface area contributed by atoms with Gasteiger partial charge in [0, 0.05) is 31.6 Å². The molecule has 8 heteroatoms. The van der Waals surface area contributed by atoms with Gasteiger partial charge in [0.25, 0.3) is 0 Å². The van der Waals surface area contributed by atoms with Crippen LogP contribution >= 0.6 is 0 Å². The van der Waals surface area contributed by atoms with Crippen molar-refractivity contribution in [1.29, 1.82) is 0 Å². The standard InChI is InChI=1S/C34H37N3O5/c1-33(31(39)40)17-9-16-29(33)35-30(38)34(18-19-37(22-34)20-23-10-3-2-4-11-23)36-32(41)42-21-28-26-14-7-5-12-24(26)25-13-6-8-15-27(25)28/h2-8,10-15,28-29H,9,16-22H2,1H3,(H,35,38)(H,36,41)(H,39,40). The Bertz CT molecular complexity index is 1450. The fourth-order valence-electron chi connectivity index (χ4n) is 6.99. The summed E-state index contributed by atoms with van der Waals surface area (Å²) < 4.78 is 5.84. The van der Waals surface area contributed by atoms with Gasteiger partial charge in [-0.25, -0.2) is 4.79 Å². The van der Waals surface area contributed by atoms with Crippen LogP contribution in [0.3, 0.4) is 0 Å². The highest BCUT2D eigenvalue weighted by Gasteiger charge is 2.51. The van der Waals surface area contributed by atoms with Gasteiger partial charge >= 0.3 is 12.1 Å². The lowest BCUT2D eigenvalue weighted by Crippen LogP contribution is -2.63. The van der Waals surface area contributed by atoms with Gasteiger partial charge in [-0.1, -0.05) is 85.3 Å². The predicted molar refractivity (Wildman–Crippen MR) is 159 cm³/mol. The van der Waals surface area contributed by atoms with Crippen LogP contribution < -0.4 is 10.6 Å². The Balaban J connectivity index is 1.19. The molecule has 6 rings (SSSR count). The number of amides is 2. The molecule has 42 heavy (non-hydrogen) atoms. The number of nitrogens with one attached hydrogen (secondary N) is 2. The number of alkyl carbamates (subject to hydrolysis) is 1. The number of likely N-dealkylation sites (tertiary alicyclic amines) is 1. The van der Waals surface area contributed by atoms with E-state index in [9.17, 15) is 19.5 Å². The summed E-state index contributed by atoms with van der Waals surface area (Å²) in [4.78, 5) is 41.6. The largest absolute Gasteiger partial charge is 0.481 e. The van der Waals surface area contributed by atoms with E-state index in [2.05, 4.69) is 39.8 Å². The average Bonchev–Trinajstić information content (AvgIpc) is 3.67. The molecule has 2 fully saturated rings. The van der Waals surface area contributed by atoms with E-state index in [0.717, 1.165) is 34.2 Å². The minimum absolute atomic E-state index is 0.0964. The van der Waals surface area contributed by atoms with E-state index in [0.29, 0.717) is 38.9 Å². The van der Waals surface area contributed by atoms with E-state index in [4.69, 9.17) is 4.74 Å². The number of hydrogen-bond acceptors (Lipinski definition) is 5. The number of nitrogens with zero attached hydrogens (tertiary/aromatic N) is 1. The monoisotopic (exact) mass is 567 g/mol. The van der Waals surface area contributed by atoms with E-state index in [1.54, 1.807) is 6.92 Å². The van der Waals surface area contributed by atoms with Crippen molar-refractivity contribution >= 4 is 18.0 Å². The van der Waals surface area contributed by atoms with Crippen LogP contribution in [0, 0.1) is 5.41 Å². The number of carbonyl (C=O) groups excluding carboxylic acids is 2. The van der Waals surface area contributed by atoms with Crippen LogP contribution in [-0.2, 0) is 20.9 Å². The molecule has 2 aliphatic carbocycles. The van der Waals surface area contributed by atoms with Gasteiger partial charge in [-0.3, -0.25) is 14.5 Å². The molecule has 1 heterocycles. The number of aliphatic carboxylic acids is 1. The quantitative estimate of drug-likeness (QED) is 0.356. The van der Waals surface area contributed by atoms with Crippen molar-refractivity contribution in [2.45, 2.75) is 56.7 Å². The summed E-state index contributed by atoms with van der Waals surface area (Å²) >= 11 is 0. The molecule has 218 valence electrons. The van der Waals surface area contributed by atoms with Gasteiger partial charge in [-0.15, -0.1) is 0 Å². The minimum atomic E-state index is -1.24. The van der Waals surface area contributed by atoms with Gasteiger partial charge in [0.05, 0.1) is 5.41 Å². The Kier molecular flexibility index (Phi) is 7.49. The first-order chi connectivity index (χ1) is 20.3. The van der Waals surface area contributed by atoms with Gasteiger partial charge in [-0.05, 0) is 54.0 Å². The van der Waals surface area contributed by atoms with Crippen LogP contribution in [0.5, 0.6) is 0 Å². The van der Waals surface area contributed by atoms with Crippen molar-refractivity contribution in [3.05, 3.63) is 95.6 Å². The summed E-state index contributed by atoms with van der Waals surface area (Å²) in [5.41, 5.74) is 3.35. The van der Waals surface area contributed by atoms with E-state index < -0.39 is 29.1 Å². The first kappa shape index (κ1) is 28.0. The van der Waals surface area contributed by atoms with Crippen molar-refractivity contribution in [3.63, 3.8) is 0 Å². The summed E-state index contributed by atoms with van der Waals surface area (Å²) in [5.74, 6) is -1.37. The molecule has 1 aliphatic heterocycles. The highest BCUT2D eigenvalue weighted by molar-refractivity contribution is 5.91. The van der Waals surface area contributed by atoms with Gasteiger partial charge in [0.2, 0.25) is 5.91 Å². The zero-order valence-electron chi connectivity index (χ0n) is 23.8. The molecule has 3 N–H and O–H groups in total. The van der Waals surface area contributed by atoms with E-state index >= 15 is 0 Å². The molecule has 8 nitrogen and oxygen atoms in total. The molecule has 3 atom stereocenters. The van der Waals surface area contributed by atoms with Crippen molar-refractivity contribution in [2.75, 3.05) is 19.7 Å². The Morgan fingerprint density at radius 3 is 2.24 bits per heavy atom. The number of carboxylic acids is 1. The summed E-state index contributed by atoms with van der Waals surface area (Å²) in [6.45, 7) is 3.38. The molecule has 3 aromatic rings.